The molecule has 0 aromatic heterocycles. The molecule has 15 heavy (non-hydrogen) atoms. The van der Waals surface area contributed by atoms with Crippen LogP contribution in [0, 0.1) is 0 Å². The first-order valence-corrected chi connectivity index (χ1v) is 5.96. The average molecular weight is 213 g/mol. The molecule has 4 nitrogen and oxygen atoms in total. The summed E-state index contributed by atoms with van der Waals surface area (Å²) in [4.78, 5) is 11.8. The molecule has 0 bridgehead atoms. The van der Waals surface area contributed by atoms with E-state index in [1.165, 1.54) is 0 Å². The Morgan fingerprint density at radius 2 is 2.13 bits per heavy atom. The number of carbonyl (C=O) groups is 1. The molecule has 1 heterocycles. The molecular formula is C11H23N3O. The Labute approximate surface area is 92.2 Å². The predicted octanol–water partition coefficient (Wildman–Crippen LogP) is 0.243. The molecule has 0 spiro atoms. The minimum absolute atomic E-state index is 0.0233. The summed E-state index contributed by atoms with van der Waals surface area (Å²) in [6.45, 7) is 4.13. The van der Waals surface area contributed by atoms with Crippen molar-refractivity contribution in [2.24, 2.45) is 0 Å². The second-order valence-electron chi connectivity index (χ2n) is 4.16. The molecule has 1 rings (SSSR count). The smallest absolute Gasteiger partial charge is 0.237 e. The molecule has 4 heteroatoms. The maximum atomic E-state index is 11.8. The van der Waals surface area contributed by atoms with Gasteiger partial charge in [-0.15, -0.1) is 0 Å². The van der Waals surface area contributed by atoms with Crippen molar-refractivity contribution in [3.05, 3.63) is 0 Å². The van der Waals surface area contributed by atoms with Gasteiger partial charge in [0.25, 0.3) is 0 Å². The Hall–Kier alpha value is -0.610. The zero-order valence-electron chi connectivity index (χ0n) is 9.81. The van der Waals surface area contributed by atoms with E-state index in [1.54, 1.807) is 0 Å². The zero-order valence-corrected chi connectivity index (χ0v) is 9.81. The van der Waals surface area contributed by atoms with Gasteiger partial charge in [-0.05, 0) is 39.4 Å². The van der Waals surface area contributed by atoms with E-state index < -0.39 is 0 Å². The van der Waals surface area contributed by atoms with Crippen LogP contribution in [-0.2, 0) is 4.79 Å². The Bertz CT molecular complexity index is 190. The lowest BCUT2D eigenvalue weighted by atomic mass is 10.1. The van der Waals surface area contributed by atoms with Crippen molar-refractivity contribution in [1.82, 2.24) is 16.0 Å². The Balaban J connectivity index is 2.31. The lowest BCUT2D eigenvalue weighted by Crippen LogP contribution is -2.49. The highest BCUT2D eigenvalue weighted by atomic mass is 16.2. The first-order chi connectivity index (χ1) is 7.27. The first kappa shape index (κ1) is 12.5. The van der Waals surface area contributed by atoms with Crippen molar-refractivity contribution < 1.29 is 4.79 Å². The van der Waals surface area contributed by atoms with Crippen LogP contribution in [0.3, 0.4) is 0 Å². The summed E-state index contributed by atoms with van der Waals surface area (Å²) in [6.07, 6.45) is 4.04. The van der Waals surface area contributed by atoms with Gasteiger partial charge in [-0.25, -0.2) is 0 Å². The van der Waals surface area contributed by atoms with E-state index in [2.05, 4.69) is 22.9 Å². The predicted molar refractivity (Wildman–Crippen MR) is 61.8 cm³/mol. The molecule has 1 unspecified atom stereocenters. The third-order valence-electron chi connectivity index (χ3n) is 2.93. The van der Waals surface area contributed by atoms with Crippen molar-refractivity contribution in [3.63, 3.8) is 0 Å². The maximum Gasteiger partial charge on any atom is 0.237 e. The van der Waals surface area contributed by atoms with Crippen molar-refractivity contribution in [2.75, 3.05) is 20.1 Å². The van der Waals surface area contributed by atoms with Gasteiger partial charge in [0.2, 0.25) is 5.91 Å². The fraction of sp³-hybridized carbons (Fsp3) is 0.909. The lowest BCUT2D eigenvalue weighted by molar-refractivity contribution is -0.124. The molecular weight excluding hydrogens is 190 g/mol. The van der Waals surface area contributed by atoms with Gasteiger partial charge in [-0.2, -0.15) is 0 Å². The summed E-state index contributed by atoms with van der Waals surface area (Å²) in [6, 6.07) is 0.344. The number of hydrogen-bond acceptors (Lipinski definition) is 3. The molecule has 0 aliphatic carbocycles. The summed E-state index contributed by atoms with van der Waals surface area (Å²) in [5.41, 5.74) is 0. The van der Waals surface area contributed by atoms with Gasteiger partial charge in [0.15, 0.2) is 0 Å². The van der Waals surface area contributed by atoms with E-state index in [0.717, 1.165) is 38.8 Å². The molecule has 1 atom stereocenters. The Kier molecular flexibility index (Phi) is 5.65. The van der Waals surface area contributed by atoms with Crippen molar-refractivity contribution in [2.45, 2.75) is 44.7 Å². The molecule has 0 aromatic rings. The van der Waals surface area contributed by atoms with Gasteiger partial charge in [0.1, 0.15) is 0 Å². The fourth-order valence-corrected chi connectivity index (χ4v) is 1.96. The Morgan fingerprint density at radius 1 is 1.47 bits per heavy atom. The third-order valence-corrected chi connectivity index (χ3v) is 2.93. The van der Waals surface area contributed by atoms with Crippen LogP contribution in [0.15, 0.2) is 0 Å². The van der Waals surface area contributed by atoms with E-state index in [1.807, 2.05) is 7.05 Å². The van der Waals surface area contributed by atoms with Crippen molar-refractivity contribution >= 4 is 5.91 Å². The van der Waals surface area contributed by atoms with E-state index in [0.29, 0.717) is 6.04 Å². The number of rotatable bonds is 5. The highest BCUT2D eigenvalue weighted by Crippen LogP contribution is 2.03. The monoisotopic (exact) mass is 213 g/mol. The quantitative estimate of drug-likeness (QED) is 0.613. The molecule has 88 valence electrons. The first-order valence-electron chi connectivity index (χ1n) is 5.96. The minimum atomic E-state index is -0.0233. The van der Waals surface area contributed by atoms with Gasteiger partial charge < -0.3 is 16.0 Å². The number of piperidine rings is 1. The van der Waals surface area contributed by atoms with Gasteiger partial charge in [-0.3, -0.25) is 4.79 Å². The molecule has 1 saturated heterocycles. The number of carbonyl (C=O) groups excluding carboxylic acids is 1. The molecule has 0 radical (unpaired) electrons. The highest BCUT2D eigenvalue weighted by molar-refractivity contribution is 5.81. The molecule has 1 aliphatic rings. The van der Waals surface area contributed by atoms with Gasteiger partial charge in [0.05, 0.1) is 6.04 Å². The molecule has 3 N–H and O–H groups in total. The topological polar surface area (TPSA) is 53.2 Å². The maximum absolute atomic E-state index is 11.8. The van der Waals surface area contributed by atoms with E-state index >= 15 is 0 Å². The standard InChI is InChI=1S/C11H23N3O/c1-3-4-10(12-2)11(15)14-9-5-7-13-8-6-9/h9-10,12-13H,3-8H2,1-2H3,(H,14,15). The fourth-order valence-electron chi connectivity index (χ4n) is 1.96. The van der Waals surface area contributed by atoms with Crippen LogP contribution in [0.2, 0.25) is 0 Å². The normalized spacial score (nSPS) is 19.9. The van der Waals surface area contributed by atoms with E-state index in [4.69, 9.17) is 0 Å². The van der Waals surface area contributed by atoms with Crippen LogP contribution in [-0.4, -0.2) is 38.1 Å². The average Bonchev–Trinajstić information content (AvgIpc) is 2.27. The van der Waals surface area contributed by atoms with Crippen LogP contribution < -0.4 is 16.0 Å². The van der Waals surface area contributed by atoms with Crippen LogP contribution >= 0.6 is 0 Å². The second-order valence-corrected chi connectivity index (χ2v) is 4.16. The molecule has 0 saturated carbocycles. The third kappa shape index (κ3) is 4.18. The van der Waals surface area contributed by atoms with Crippen molar-refractivity contribution in [3.8, 4) is 0 Å². The Morgan fingerprint density at radius 3 is 2.67 bits per heavy atom. The van der Waals surface area contributed by atoms with E-state index in [9.17, 15) is 4.79 Å². The zero-order chi connectivity index (χ0) is 11.1. The minimum Gasteiger partial charge on any atom is -0.352 e. The van der Waals surface area contributed by atoms with Crippen LogP contribution in [0.5, 0.6) is 0 Å². The molecule has 1 aliphatic heterocycles. The number of nitrogens with one attached hydrogen (secondary N) is 3. The highest BCUT2D eigenvalue weighted by Gasteiger charge is 2.20. The van der Waals surface area contributed by atoms with Gasteiger partial charge in [0, 0.05) is 6.04 Å². The largest absolute Gasteiger partial charge is 0.352 e. The second kappa shape index (κ2) is 6.80. The summed E-state index contributed by atoms with van der Waals surface area (Å²) in [7, 11) is 1.85. The summed E-state index contributed by atoms with van der Waals surface area (Å²) in [5, 5.41) is 9.47. The van der Waals surface area contributed by atoms with E-state index in [-0.39, 0.29) is 11.9 Å². The summed E-state index contributed by atoms with van der Waals surface area (Å²) in [5.74, 6) is 0.159. The van der Waals surface area contributed by atoms with Gasteiger partial charge >= 0.3 is 0 Å². The summed E-state index contributed by atoms with van der Waals surface area (Å²) >= 11 is 0. The van der Waals surface area contributed by atoms with Crippen LogP contribution in [0.1, 0.15) is 32.6 Å². The number of hydrogen-bond donors (Lipinski definition) is 3. The van der Waals surface area contributed by atoms with Gasteiger partial charge in [-0.1, -0.05) is 13.3 Å². The number of amides is 1. The van der Waals surface area contributed by atoms with Crippen LogP contribution in [0.4, 0.5) is 0 Å². The lowest BCUT2D eigenvalue weighted by Gasteiger charge is -2.26. The summed E-state index contributed by atoms with van der Waals surface area (Å²) < 4.78 is 0. The molecule has 1 amide bonds. The SMILES string of the molecule is CCCC(NC)C(=O)NC1CCNCC1. The number of likely N-dealkylation sites (N-methyl/N-ethyl adjacent to an activating group) is 1. The molecule has 1 fully saturated rings. The molecule has 0 aromatic carbocycles. The van der Waals surface area contributed by atoms with Crippen LogP contribution in [0.25, 0.3) is 0 Å². The van der Waals surface area contributed by atoms with Crippen molar-refractivity contribution in [1.29, 1.82) is 0 Å².